The van der Waals surface area contributed by atoms with Crippen LogP contribution in [0.2, 0.25) is 0 Å². The van der Waals surface area contributed by atoms with Crippen LogP contribution in [0.1, 0.15) is 63.1 Å². The van der Waals surface area contributed by atoms with Crippen LogP contribution in [-0.4, -0.2) is 64.5 Å². The molecule has 1 aliphatic carbocycles. The monoisotopic (exact) mass is 682 g/mol. The first-order chi connectivity index (χ1) is 19.8. The van der Waals surface area contributed by atoms with Crippen molar-refractivity contribution >= 4 is 55.1 Å². The summed E-state index contributed by atoms with van der Waals surface area (Å²) in [6.45, 7) is 5.74. The van der Waals surface area contributed by atoms with Gasteiger partial charge >= 0.3 is 11.9 Å². The fourth-order valence-electron chi connectivity index (χ4n) is 5.52. The number of nitrogens with zero attached hydrogens (tertiary/aromatic N) is 3. The van der Waals surface area contributed by atoms with Crippen LogP contribution in [0.5, 0.6) is 0 Å². The van der Waals surface area contributed by atoms with Gasteiger partial charge in [0.1, 0.15) is 17.5 Å². The number of halogens is 2. The lowest BCUT2D eigenvalue weighted by atomic mass is 9.85. The van der Waals surface area contributed by atoms with E-state index in [4.69, 9.17) is 4.74 Å². The summed E-state index contributed by atoms with van der Waals surface area (Å²) in [5.41, 5.74) is 0.148. The van der Waals surface area contributed by atoms with E-state index in [0.29, 0.717) is 34.9 Å². The molecule has 1 atom stereocenters. The van der Waals surface area contributed by atoms with Gasteiger partial charge in [0.2, 0.25) is 10.0 Å². The highest BCUT2D eigenvalue weighted by molar-refractivity contribution is 9.10. The standard InChI is InChI=1S/C28H32BrFN4O6S2/c1-28(2,3)40-27(37)16-13-17(14-16)42(38,39)34-10-7-15(8-11-34)22-20(26(35)36)23(18-5-4-6-19(30)21(18)29)33-24(32-22)25-31-9-12-41-25/h4-6,9,12,15-17,23H,7-8,10-11,13-14H2,1-3H3,(H,32,33)(H,35,36). The molecule has 2 N–H and O–H groups in total. The predicted molar refractivity (Wildman–Crippen MR) is 159 cm³/mol. The van der Waals surface area contributed by atoms with E-state index in [0.717, 1.165) is 0 Å². The molecular formula is C28H32BrFN4O6S2. The van der Waals surface area contributed by atoms with Crippen LogP contribution in [0, 0.1) is 17.7 Å². The number of rotatable bonds is 7. The zero-order chi connectivity index (χ0) is 30.4. The topological polar surface area (TPSA) is 138 Å². The van der Waals surface area contributed by atoms with E-state index in [9.17, 15) is 27.5 Å². The molecule has 1 aromatic carbocycles. The maximum absolute atomic E-state index is 14.5. The molecule has 2 aliphatic heterocycles. The second-order valence-electron chi connectivity index (χ2n) is 11.7. The van der Waals surface area contributed by atoms with Crippen molar-refractivity contribution in [2.24, 2.45) is 16.8 Å². The molecule has 1 unspecified atom stereocenters. The number of carbonyl (C=O) groups excluding carboxylic acids is 1. The Bertz CT molecular complexity index is 1540. The first-order valence-corrected chi connectivity index (χ1v) is 16.8. The number of ether oxygens (including phenoxy) is 1. The van der Waals surface area contributed by atoms with Crippen LogP contribution in [0.4, 0.5) is 4.39 Å². The fourth-order valence-corrected chi connectivity index (χ4v) is 8.69. The Balaban J connectivity index is 1.36. The smallest absolute Gasteiger partial charge is 0.335 e. The number of allylic oxidation sites excluding steroid dienone is 1. The minimum absolute atomic E-state index is 0.0119. The molecule has 14 heteroatoms. The third kappa shape index (κ3) is 6.17. The summed E-state index contributed by atoms with van der Waals surface area (Å²) in [6.07, 6.45) is 2.83. The third-order valence-corrected chi connectivity index (χ3v) is 11.6. The van der Waals surface area contributed by atoms with Gasteiger partial charge in [0.05, 0.1) is 21.2 Å². The number of carboxylic acids is 1. The van der Waals surface area contributed by atoms with E-state index in [1.165, 1.54) is 27.8 Å². The summed E-state index contributed by atoms with van der Waals surface area (Å²) in [5.74, 6) is -2.46. The van der Waals surface area contributed by atoms with Gasteiger partial charge in [0, 0.05) is 36.3 Å². The largest absolute Gasteiger partial charge is 0.478 e. The van der Waals surface area contributed by atoms with E-state index in [2.05, 4.69) is 31.2 Å². The minimum atomic E-state index is -3.64. The molecule has 3 aliphatic rings. The normalized spacial score (nSPS) is 24.0. The summed E-state index contributed by atoms with van der Waals surface area (Å²) in [7, 11) is -3.64. The molecule has 1 saturated heterocycles. The number of hydrogen-bond acceptors (Lipinski definition) is 9. The van der Waals surface area contributed by atoms with Crippen molar-refractivity contribution in [1.29, 1.82) is 0 Å². The lowest BCUT2D eigenvalue weighted by Crippen LogP contribution is -2.50. The second-order valence-corrected chi connectivity index (χ2v) is 15.6. The van der Waals surface area contributed by atoms with E-state index in [1.54, 1.807) is 38.4 Å². The summed E-state index contributed by atoms with van der Waals surface area (Å²) >= 11 is 4.60. The Morgan fingerprint density at radius 1 is 1.21 bits per heavy atom. The van der Waals surface area contributed by atoms with Gasteiger partial charge < -0.3 is 15.2 Å². The predicted octanol–water partition coefficient (Wildman–Crippen LogP) is 4.64. The molecule has 2 fully saturated rings. The zero-order valence-electron chi connectivity index (χ0n) is 23.3. The quantitative estimate of drug-likeness (QED) is 0.403. The Kier molecular flexibility index (Phi) is 8.63. The van der Waals surface area contributed by atoms with Crippen molar-refractivity contribution in [2.45, 2.75) is 63.3 Å². The highest BCUT2D eigenvalue weighted by Gasteiger charge is 2.47. The number of carbonyl (C=O) groups is 2. The van der Waals surface area contributed by atoms with Crippen LogP contribution >= 0.6 is 27.3 Å². The van der Waals surface area contributed by atoms with Gasteiger partial charge in [-0.2, -0.15) is 0 Å². The number of aliphatic carboxylic acids is 1. The summed E-state index contributed by atoms with van der Waals surface area (Å²) in [5, 5.41) is 15.2. The van der Waals surface area contributed by atoms with Crippen molar-refractivity contribution in [3.8, 4) is 0 Å². The van der Waals surface area contributed by atoms with Crippen LogP contribution in [0.3, 0.4) is 0 Å². The van der Waals surface area contributed by atoms with Gasteiger partial charge in [0.15, 0.2) is 10.8 Å². The average Bonchev–Trinajstić information content (AvgIpc) is 3.43. The lowest BCUT2D eigenvalue weighted by molar-refractivity contribution is -0.162. The van der Waals surface area contributed by atoms with Crippen molar-refractivity contribution in [1.82, 2.24) is 14.6 Å². The molecule has 10 nitrogen and oxygen atoms in total. The Hall–Kier alpha value is -2.68. The maximum atomic E-state index is 14.5. The van der Waals surface area contributed by atoms with Gasteiger partial charge in [-0.05, 0) is 74.0 Å². The molecule has 3 heterocycles. The molecule has 1 aromatic heterocycles. The van der Waals surface area contributed by atoms with Crippen molar-refractivity contribution in [2.75, 3.05) is 13.1 Å². The Labute approximate surface area is 256 Å². The number of hydrogen-bond donors (Lipinski definition) is 2. The Morgan fingerprint density at radius 3 is 2.50 bits per heavy atom. The van der Waals surface area contributed by atoms with Gasteiger partial charge in [-0.3, -0.25) is 9.79 Å². The highest BCUT2D eigenvalue weighted by atomic mass is 79.9. The van der Waals surface area contributed by atoms with Crippen LogP contribution in [0.15, 0.2) is 50.5 Å². The highest BCUT2D eigenvalue weighted by Crippen LogP contribution is 2.42. The minimum Gasteiger partial charge on any atom is -0.478 e. The van der Waals surface area contributed by atoms with E-state index in [1.807, 2.05) is 0 Å². The summed E-state index contributed by atoms with van der Waals surface area (Å²) < 4.78 is 48.2. The number of carboxylic acid groups (broad SMARTS) is 1. The number of piperidine rings is 1. The maximum Gasteiger partial charge on any atom is 0.335 e. The van der Waals surface area contributed by atoms with E-state index in [-0.39, 0.29) is 47.9 Å². The number of sulfonamides is 1. The Morgan fingerprint density at radius 2 is 1.90 bits per heavy atom. The molecule has 0 bridgehead atoms. The van der Waals surface area contributed by atoms with E-state index < -0.39 is 44.6 Å². The number of esters is 1. The number of amidine groups is 1. The second kappa shape index (κ2) is 11.8. The molecule has 42 heavy (non-hydrogen) atoms. The van der Waals surface area contributed by atoms with Crippen LogP contribution < -0.4 is 5.32 Å². The van der Waals surface area contributed by atoms with Crippen molar-refractivity contribution < 1.29 is 32.2 Å². The van der Waals surface area contributed by atoms with Gasteiger partial charge in [-0.1, -0.05) is 12.1 Å². The molecule has 1 saturated carbocycles. The van der Waals surface area contributed by atoms with Crippen molar-refractivity contribution in [3.05, 3.63) is 61.9 Å². The first-order valence-electron chi connectivity index (χ1n) is 13.6. The number of aromatic nitrogens is 1. The molecule has 0 radical (unpaired) electrons. The van der Waals surface area contributed by atoms with Gasteiger partial charge in [-0.25, -0.2) is 26.9 Å². The molecule has 2 aromatic rings. The number of thiazole rings is 1. The average molecular weight is 684 g/mol. The fraction of sp³-hybridized carbons (Fsp3) is 0.500. The zero-order valence-corrected chi connectivity index (χ0v) is 26.6. The number of benzene rings is 1. The lowest BCUT2D eigenvalue weighted by Gasteiger charge is -2.40. The first kappa shape index (κ1) is 30.8. The third-order valence-electron chi connectivity index (χ3n) is 7.69. The number of nitrogens with one attached hydrogen (secondary N) is 1. The molecule has 5 rings (SSSR count). The molecular weight excluding hydrogens is 651 g/mol. The summed E-state index contributed by atoms with van der Waals surface area (Å²) in [4.78, 5) is 34.0. The van der Waals surface area contributed by atoms with Crippen LogP contribution in [0.25, 0.3) is 0 Å². The van der Waals surface area contributed by atoms with Gasteiger partial charge in [0.25, 0.3) is 0 Å². The number of aliphatic imine (C=N–C) groups is 1. The summed E-state index contributed by atoms with van der Waals surface area (Å²) in [6, 6.07) is 3.40. The molecule has 226 valence electrons. The molecule has 0 amide bonds. The SMILES string of the molecule is CC(C)(C)OC(=O)C1CC(S(=O)(=O)N2CCC(C3=C(C(=O)O)C(c4cccc(F)c4Br)N=C(c4nccs4)N3)CC2)C1. The van der Waals surface area contributed by atoms with E-state index >= 15 is 0 Å². The van der Waals surface area contributed by atoms with Crippen molar-refractivity contribution in [3.63, 3.8) is 0 Å². The van der Waals surface area contributed by atoms with Gasteiger partial charge in [-0.15, -0.1) is 11.3 Å². The molecule has 0 spiro atoms. The van der Waals surface area contributed by atoms with Crippen LogP contribution in [-0.2, 0) is 24.3 Å².